The number of hydrogen-bond acceptors (Lipinski definition) is 7. The maximum Gasteiger partial charge on any atom is 0.338 e. The Labute approximate surface area is 163 Å². The van der Waals surface area contributed by atoms with Crippen molar-refractivity contribution in [2.45, 2.75) is 20.8 Å². The molecule has 0 aliphatic rings. The summed E-state index contributed by atoms with van der Waals surface area (Å²) in [4.78, 5) is 37.4. The fraction of sp³-hybridized carbons (Fsp3) is 0.286. The normalized spacial score (nSPS) is 10.1. The summed E-state index contributed by atoms with van der Waals surface area (Å²) >= 11 is 0. The molecule has 28 heavy (non-hydrogen) atoms. The molecule has 150 valence electrons. The zero-order valence-corrected chi connectivity index (χ0v) is 16.8. The molecule has 0 radical (unpaired) electrons. The zero-order valence-electron chi connectivity index (χ0n) is 16.8. The van der Waals surface area contributed by atoms with Crippen LogP contribution >= 0.6 is 0 Å². The largest absolute Gasteiger partial charge is 0.497 e. The predicted molar refractivity (Wildman–Crippen MR) is 105 cm³/mol. The van der Waals surface area contributed by atoms with Crippen molar-refractivity contribution in [2.75, 3.05) is 21.3 Å². The van der Waals surface area contributed by atoms with E-state index in [2.05, 4.69) is 0 Å². The molecular weight excluding hydrogens is 364 g/mol. The van der Waals surface area contributed by atoms with Crippen LogP contribution in [-0.4, -0.2) is 33.1 Å². The molecule has 2 rings (SSSR count). The third-order valence-electron chi connectivity index (χ3n) is 3.59. The van der Waals surface area contributed by atoms with Gasteiger partial charge in [-0.05, 0) is 19.1 Å². The van der Waals surface area contributed by atoms with Gasteiger partial charge in [-0.2, -0.15) is 0 Å². The predicted octanol–water partition coefficient (Wildman–Crippen LogP) is 3.73. The molecule has 1 aromatic carbocycles. The molecule has 0 aliphatic heterocycles. The lowest BCUT2D eigenvalue weighted by atomic mass is 9.97. The Balaban J connectivity index is 0.00000190. The van der Waals surface area contributed by atoms with Gasteiger partial charge in [-0.25, -0.2) is 4.79 Å². The van der Waals surface area contributed by atoms with Crippen molar-refractivity contribution in [3.8, 4) is 11.5 Å². The number of methoxy groups -OCH3 is 3. The summed E-state index contributed by atoms with van der Waals surface area (Å²) in [5, 5.41) is 0. The number of carbonyl (C=O) groups is 2. The van der Waals surface area contributed by atoms with E-state index in [1.54, 1.807) is 19.1 Å². The molecule has 0 fully saturated rings. The molecular formula is C21H24O7. The van der Waals surface area contributed by atoms with Gasteiger partial charge in [-0.1, -0.05) is 19.9 Å². The highest BCUT2D eigenvalue weighted by atomic mass is 16.5. The van der Waals surface area contributed by atoms with Crippen molar-refractivity contribution >= 4 is 17.8 Å². The average Bonchev–Trinajstić information content (AvgIpc) is 2.73. The number of carbonyl (C=O) groups excluding carboxylic acids is 2. The second-order valence-corrected chi connectivity index (χ2v) is 5.13. The average molecular weight is 388 g/mol. The molecule has 0 saturated carbocycles. The molecule has 0 amide bonds. The van der Waals surface area contributed by atoms with Crippen LogP contribution in [0.1, 0.15) is 52.8 Å². The number of benzene rings is 1. The van der Waals surface area contributed by atoms with Crippen LogP contribution in [-0.2, 0) is 4.74 Å². The van der Waals surface area contributed by atoms with Gasteiger partial charge in [0.05, 0.1) is 32.5 Å². The number of ketones is 1. The van der Waals surface area contributed by atoms with E-state index in [1.165, 1.54) is 39.5 Å². The molecule has 0 aliphatic carbocycles. The van der Waals surface area contributed by atoms with Gasteiger partial charge in [-0.3, -0.25) is 9.59 Å². The second kappa shape index (κ2) is 10.7. The maximum absolute atomic E-state index is 13.0. The molecule has 0 spiro atoms. The Hall–Kier alpha value is -3.35. The minimum atomic E-state index is -0.763. The second-order valence-electron chi connectivity index (χ2n) is 5.13. The molecule has 1 heterocycles. The Bertz CT molecular complexity index is 923. The minimum absolute atomic E-state index is 0.0756. The number of ether oxygens (including phenoxy) is 3. The molecule has 0 bridgehead atoms. The first-order valence-electron chi connectivity index (χ1n) is 8.61. The first kappa shape index (κ1) is 22.7. The van der Waals surface area contributed by atoms with Gasteiger partial charge in [0, 0.05) is 12.1 Å². The first-order chi connectivity index (χ1) is 13.5. The Kier molecular flexibility index (Phi) is 8.68. The monoisotopic (exact) mass is 388 g/mol. The van der Waals surface area contributed by atoms with E-state index in [-0.39, 0.29) is 22.4 Å². The van der Waals surface area contributed by atoms with E-state index < -0.39 is 17.2 Å². The minimum Gasteiger partial charge on any atom is -0.497 e. The standard InChI is InChI=1S/C19H18O7.C2H6/c1-5-6-11-8-15(20)14(10-26-11)18(21)17-13(19(22)25-4)7-12(23-2)9-16(17)24-3;1-2/h5-10H,1-4H3;1-2H3/b6-5+;. The zero-order chi connectivity index (χ0) is 21.3. The molecule has 7 nitrogen and oxygen atoms in total. The van der Waals surface area contributed by atoms with E-state index >= 15 is 0 Å². The summed E-state index contributed by atoms with van der Waals surface area (Å²) in [7, 11) is 3.93. The molecule has 0 saturated heterocycles. The van der Waals surface area contributed by atoms with Crippen LogP contribution in [0.15, 0.2) is 39.7 Å². The smallest absolute Gasteiger partial charge is 0.338 e. The van der Waals surface area contributed by atoms with E-state index in [9.17, 15) is 14.4 Å². The topological polar surface area (TPSA) is 92.0 Å². The van der Waals surface area contributed by atoms with Gasteiger partial charge in [0.2, 0.25) is 5.78 Å². The van der Waals surface area contributed by atoms with Crippen molar-refractivity contribution in [2.24, 2.45) is 0 Å². The Morgan fingerprint density at radius 2 is 1.68 bits per heavy atom. The van der Waals surface area contributed by atoms with Crippen LogP contribution in [0.4, 0.5) is 0 Å². The van der Waals surface area contributed by atoms with Gasteiger partial charge >= 0.3 is 5.97 Å². The van der Waals surface area contributed by atoms with Crippen LogP contribution in [0.25, 0.3) is 6.08 Å². The number of esters is 1. The van der Waals surface area contributed by atoms with Crippen molar-refractivity contribution in [1.29, 1.82) is 0 Å². The summed E-state index contributed by atoms with van der Waals surface area (Å²) in [5.74, 6) is -0.795. The van der Waals surface area contributed by atoms with E-state index in [1.807, 2.05) is 13.8 Å². The first-order valence-corrected chi connectivity index (χ1v) is 8.61. The number of hydrogen-bond donors (Lipinski definition) is 0. The van der Waals surface area contributed by atoms with Crippen LogP contribution < -0.4 is 14.9 Å². The molecule has 0 N–H and O–H groups in total. The summed E-state index contributed by atoms with van der Waals surface area (Å²) in [5.41, 5.74) is -0.952. The highest BCUT2D eigenvalue weighted by molar-refractivity contribution is 6.16. The molecule has 2 aromatic rings. The molecule has 0 unspecified atom stereocenters. The van der Waals surface area contributed by atoms with Gasteiger partial charge in [-0.15, -0.1) is 0 Å². The van der Waals surface area contributed by atoms with E-state index in [0.29, 0.717) is 11.5 Å². The molecule has 1 aromatic heterocycles. The Morgan fingerprint density at radius 3 is 2.18 bits per heavy atom. The lowest BCUT2D eigenvalue weighted by Gasteiger charge is -2.13. The van der Waals surface area contributed by atoms with E-state index in [4.69, 9.17) is 18.6 Å². The van der Waals surface area contributed by atoms with Crippen molar-refractivity contribution < 1.29 is 28.2 Å². The Morgan fingerprint density at radius 1 is 1.00 bits per heavy atom. The number of rotatable bonds is 6. The van der Waals surface area contributed by atoms with Crippen molar-refractivity contribution in [3.05, 3.63) is 63.2 Å². The maximum atomic E-state index is 13.0. The van der Waals surface area contributed by atoms with Gasteiger partial charge in [0.15, 0.2) is 5.43 Å². The fourth-order valence-electron chi connectivity index (χ4n) is 2.35. The van der Waals surface area contributed by atoms with E-state index in [0.717, 1.165) is 6.26 Å². The summed E-state index contributed by atoms with van der Waals surface area (Å²) in [6.45, 7) is 5.77. The quantitative estimate of drug-likeness (QED) is 0.550. The van der Waals surface area contributed by atoms with Crippen LogP contribution in [0.5, 0.6) is 11.5 Å². The summed E-state index contributed by atoms with van der Waals surface area (Å²) in [6, 6.07) is 3.98. The lowest BCUT2D eigenvalue weighted by molar-refractivity contribution is 0.0596. The summed E-state index contributed by atoms with van der Waals surface area (Å²) < 4.78 is 20.3. The fourth-order valence-corrected chi connectivity index (χ4v) is 2.35. The third kappa shape index (κ3) is 4.88. The molecule has 0 atom stereocenters. The van der Waals surface area contributed by atoms with Crippen LogP contribution in [0, 0.1) is 0 Å². The van der Waals surface area contributed by atoms with Gasteiger partial charge in [0.1, 0.15) is 29.1 Å². The van der Waals surface area contributed by atoms with Crippen molar-refractivity contribution in [3.63, 3.8) is 0 Å². The molecule has 7 heteroatoms. The third-order valence-corrected chi connectivity index (χ3v) is 3.59. The number of allylic oxidation sites excluding steroid dienone is 1. The summed E-state index contributed by atoms with van der Waals surface area (Å²) in [6.07, 6.45) is 4.34. The highest BCUT2D eigenvalue weighted by Gasteiger charge is 2.27. The lowest BCUT2D eigenvalue weighted by Crippen LogP contribution is -2.19. The SMILES string of the molecule is C/C=C/c1cc(=O)c(C(=O)c2c(OC)cc(OC)cc2C(=O)OC)co1.CC. The van der Waals surface area contributed by atoms with Crippen LogP contribution in [0.2, 0.25) is 0 Å². The van der Waals surface area contributed by atoms with Gasteiger partial charge in [0.25, 0.3) is 0 Å². The van der Waals surface area contributed by atoms with Crippen molar-refractivity contribution in [1.82, 2.24) is 0 Å². The van der Waals surface area contributed by atoms with Gasteiger partial charge < -0.3 is 18.6 Å². The highest BCUT2D eigenvalue weighted by Crippen LogP contribution is 2.31. The van der Waals surface area contributed by atoms with Crippen LogP contribution in [0.3, 0.4) is 0 Å².